The zero-order valence-electron chi connectivity index (χ0n) is 13.7. The minimum Gasteiger partial charge on any atom is -0.212 e. The molecular formula is C19H23NO2S. The van der Waals surface area contributed by atoms with Gasteiger partial charge in [0.15, 0.2) is 0 Å². The Morgan fingerprint density at radius 3 is 2.61 bits per heavy atom. The molecule has 4 heteroatoms. The summed E-state index contributed by atoms with van der Waals surface area (Å²) in [6.45, 7) is 3.85. The van der Waals surface area contributed by atoms with Crippen molar-refractivity contribution in [3.05, 3.63) is 70.3 Å². The normalized spacial score (nSPS) is 15.4. The van der Waals surface area contributed by atoms with Crippen molar-refractivity contribution in [3.63, 3.8) is 0 Å². The Morgan fingerprint density at radius 1 is 1.09 bits per heavy atom. The molecule has 0 heterocycles. The molecule has 0 saturated carbocycles. The summed E-state index contributed by atoms with van der Waals surface area (Å²) in [5.41, 5.74) is 5.67. The van der Waals surface area contributed by atoms with E-state index >= 15 is 0 Å². The number of aryl methyl sites for hydroxylation is 3. The maximum Gasteiger partial charge on any atom is 0.216 e. The number of nitrogens with one attached hydrogen (secondary N) is 1. The van der Waals surface area contributed by atoms with Gasteiger partial charge in [-0.2, -0.15) is 0 Å². The zero-order valence-corrected chi connectivity index (χ0v) is 14.5. The van der Waals surface area contributed by atoms with Gasteiger partial charge in [-0.05, 0) is 60.9 Å². The Bertz CT molecular complexity index is 812. The van der Waals surface area contributed by atoms with Crippen LogP contribution in [0.15, 0.2) is 42.5 Å². The van der Waals surface area contributed by atoms with Crippen molar-refractivity contribution in [2.75, 3.05) is 0 Å². The molecule has 0 radical (unpaired) electrons. The van der Waals surface area contributed by atoms with Crippen LogP contribution in [0.4, 0.5) is 0 Å². The van der Waals surface area contributed by atoms with Gasteiger partial charge in [0.05, 0.1) is 5.75 Å². The zero-order chi connectivity index (χ0) is 16.4. The van der Waals surface area contributed by atoms with E-state index in [1.165, 1.54) is 17.5 Å². The molecule has 1 N–H and O–H groups in total. The maximum atomic E-state index is 12.5. The van der Waals surface area contributed by atoms with Crippen LogP contribution in [0, 0.1) is 6.92 Å². The van der Waals surface area contributed by atoms with Crippen LogP contribution in [0.2, 0.25) is 0 Å². The van der Waals surface area contributed by atoms with Gasteiger partial charge < -0.3 is 0 Å². The van der Waals surface area contributed by atoms with E-state index in [0.29, 0.717) is 0 Å². The van der Waals surface area contributed by atoms with E-state index in [-0.39, 0.29) is 11.8 Å². The number of rotatable bonds is 5. The molecule has 122 valence electrons. The van der Waals surface area contributed by atoms with Gasteiger partial charge in [-0.15, -0.1) is 0 Å². The first-order valence-corrected chi connectivity index (χ1v) is 9.76. The van der Waals surface area contributed by atoms with Crippen LogP contribution in [0.25, 0.3) is 0 Å². The summed E-state index contributed by atoms with van der Waals surface area (Å²) < 4.78 is 27.7. The number of fused-ring (bicyclic) bond motifs is 1. The van der Waals surface area contributed by atoms with E-state index in [1.54, 1.807) is 0 Å². The molecule has 0 amide bonds. The van der Waals surface area contributed by atoms with Crippen LogP contribution in [-0.4, -0.2) is 8.42 Å². The highest BCUT2D eigenvalue weighted by Crippen LogP contribution is 2.26. The van der Waals surface area contributed by atoms with Crippen LogP contribution in [0.1, 0.15) is 47.2 Å². The Kier molecular flexibility index (Phi) is 4.55. The minimum absolute atomic E-state index is 0.0228. The molecule has 0 spiro atoms. The van der Waals surface area contributed by atoms with Gasteiger partial charge in [-0.1, -0.05) is 42.5 Å². The van der Waals surface area contributed by atoms with Crippen molar-refractivity contribution in [3.8, 4) is 0 Å². The SMILES string of the molecule is Cc1ccccc1CS(=O)(=O)N[C@H](C)c1ccc2c(c1)CCC2. The van der Waals surface area contributed by atoms with Gasteiger partial charge in [0.2, 0.25) is 10.0 Å². The first kappa shape index (κ1) is 16.2. The van der Waals surface area contributed by atoms with Crippen molar-refractivity contribution in [2.45, 2.75) is 44.9 Å². The lowest BCUT2D eigenvalue weighted by Gasteiger charge is -2.16. The molecule has 3 nitrogen and oxygen atoms in total. The van der Waals surface area contributed by atoms with Crippen LogP contribution >= 0.6 is 0 Å². The van der Waals surface area contributed by atoms with Gasteiger partial charge in [0.1, 0.15) is 0 Å². The molecule has 1 aliphatic rings. The van der Waals surface area contributed by atoms with Crippen molar-refractivity contribution in [1.82, 2.24) is 4.72 Å². The monoisotopic (exact) mass is 329 g/mol. The average molecular weight is 329 g/mol. The second kappa shape index (κ2) is 6.46. The van der Waals surface area contributed by atoms with E-state index in [9.17, 15) is 8.42 Å². The van der Waals surface area contributed by atoms with Gasteiger partial charge in [0.25, 0.3) is 0 Å². The fourth-order valence-corrected chi connectivity index (χ4v) is 4.71. The predicted octanol–water partition coefficient (Wildman–Crippen LogP) is 3.66. The number of sulfonamides is 1. The molecule has 1 aliphatic carbocycles. The predicted molar refractivity (Wildman–Crippen MR) is 93.8 cm³/mol. The van der Waals surface area contributed by atoms with Crippen molar-refractivity contribution in [1.29, 1.82) is 0 Å². The van der Waals surface area contributed by atoms with Crippen LogP contribution in [0.5, 0.6) is 0 Å². The molecule has 0 aromatic heterocycles. The third kappa shape index (κ3) is 3.82. The third-order valence-corrected chi connectivity index (χ3v) is 5.99. The maximum absolute atomic E-state index is 12.5. The first-order valence-electron chi connectivity index (χ1n) is 8.11. The third-order valence-electron chi connectivity index (χ3n) is 4.59. The van der Waals surface area contributed by atoms with E-state index < -0.39 is 10.0 Å². The Morgan fingerprint density at radius 2 is 1.83 bits per heavy atom. The lowest BCUT2D eigenvalue weighted by molar-refractivity contribution is 0.566. The largest absolute Gasteiger partial charge is 0.216 e. The average Bonchev–Trinajstić information content (AvgIpc) is 2.96. The van der Waals surface area contributed by atoms with Crippen molar-refractivity contribution >= 4 is 10.0 Å². The fraction of sp³-hybridized carbons (Fsp3) is 0.368. The van der Waals surface area contributed by atoms with E-state index in [2.05, 4.69) is 16.9 Å². The summed E-state index contributed by atoms with van der Waals surface area (Å²) in [5, 5.41) is 0. The Hall–Kier alpha value is -1.65. The number of hydrogen-bond acceptors (Lipinski definition) is 2. The van der Waals surface area contributed by atoms with Crippen molar-refractivity contribution in [2.24, 2.45) is 0 Å². The lowest BCUT2D eigenvalue weighted by atomic mass is 10.0. The molecule has 0 bridgehead atoms. The highest BCUT2D eigenvalue weighted by molar-refractivity contribution is 7.88. The second-order valence-electron chi connectivity index (χ2n) is 6.41. The van der Waals surface area contributed by atoms with Gasteiger partial charge in [-0.25, -0.2) is 13.1 Å². The smallest absolute Gasteiger partial charge is 0.212 e. The topological polar surface area (TPSA) is 46.2 Å². The van der Waals surface area contributed by atoms with Gasteiger partial charge in [-0.3, -0.25) is 0 Å². The highest BCUT2D eigenvalue weighted by atomic mass is 32.2. The molecule has 3 rings (SSSR count). The molecule has 2 aromatic carbocycles. The number of benzene rings is 2. The van der Waals surface area contributed by atoms with E-state index in [4.69, 9.17) is 0 Å². The summed E-state index contributed by atoms with van der Waals surface area (Å²) in [6.07, 6.45) is 3.45. The lowest BCUT2D eigenvalue weighted by Crippen LogP contribution is -2.28. The van der Waals surface area contributed by atoms with E-state index in [0.717, 1.165) is 29.5 Å². The van der Waals surface area contributed by atoms with Crippen LogP contribution in [0.3, 0.4) is 0 Å². The molecule has 23 heavy (non-hydrogen) atoms. The fourth-order valence-electron chi connectivity index (χ4n) is 3.22. The Balaban J connectivity index is 1.74. The molecule has 0 fully saturated rings. The molecule has 0 unspecified atom stereocenters. The summed E-state index contributed by atoms with van der Waals surface area (Å²) in [4.78, 5) is 0. The summed E-state index contributed by atoms with van der Waals surface area (Å²) in [6, 6.07) is 13.7. The highest BCUT2D eigenvalue weighted by Gasteiger charge is 2.19. The van der Waals surface area contributed by atoms with Gasteiger partial charge >= 0.3 is 0 Å². The standard InChI is InChI=1S/C19H23NO2S/c1-14-6-3-4-7-19(14)13-23(21,22)20-15(2)17-11-10-16-8-5-9-18(16)12-17/h3-4,6-7,10-12,15,20H,5,8-9,13H2,1-2H3/t15-/m1/s1. The van der Waals surface area contributed by atoms with Crippen molar-refractivity contribution < 1.29 is 8.42 Å². The minimum atomic E-state index is -3.37. The van der Waals surface area contributed by atoms with Crippen LogP contribution < -0.4 is 4.72 Å². The Labute approximate surface area is 138 Å². The van der Waals surface area contributed by atoms with E-state index in [1.807, 2.05) is 44.2 Å². The quantitative estimate of drug-likeness (QED) is 0.910. The molecule has 0 saturated heterocycles. The van der Waals surface area contributed by atoms with Crippen LogP contribution in [-0.2, 0) is 28.6 Å². The number of hydrogen-bond donors (Lipinski definition) is 1. The first-order chi connectivity index (χ1) is 10.9. The molecular weight excluding hydrogens is 306 g/mol. The molecule has 1 atom stereocenters. The molecule has 2 aromatic rings. The summed E-state index contributed by atoms with van der Waals surface area (Å²) in [7, 11) is -3.37. The second-order valence-corrected chi connectivity index (χ2v) is 8.16. The molecule has 0 aliphatic heterocycles. The van der Waals surface area contributed by atoms with Gasteiger partial charge in [0, 0.05) is 6.04 Å². The summed E-state index contributed by atoms with van der Waals surface area (Å²) in [5.74, 6) is 0.0228. The summed E-state index contributed by atoms with van der Waals surface area (Å²) >= 11 is 0.